The number of fused-ring (bicyclic) bond motifs is 1. The Morgan fingerprint density at radius 2 is 2.05 bits per heavy atom. The molecule has 1 aliphatic rings. The normalized spacial score (nSPS) is 16.9. The van der Waals surface area contributed by atoms with Crippen molar-refractivity contribution in [3.05, 3.63) is 18.2 Å². The standard InChI is InChI=1S/C14H21NO3S/c1-2-11(15)4-3-9-19(16)12-5-6-13-14(10-12)18-8-7-17-13/h5-6,10-11H,2-4,7-9,15H2,1H3. The first-order valence-corrected chi connectivity index (χ1v) is 8.06. The monoisotopic (exact) mass is 283 g/mol. The van der Waals surface area contributed by atoms with Crippen LogP contribution >= 0.6 is 0 Å². The average Bonchev–Trinajstić information content (AvgIpc) is 2.46. The highest BCUT2D eigenvalue weighted by Gasteiger charge is 2.14. The van der Waals surface area contributed by atoms with E-state index in [1.807, 2.05) is 18.2 Å². The third-order valence-electron chi connectivity index (χ3n) is 3.21. The highest BCUT2D eigenvalue weighted by atomic mass is 32.2. The van der Waals surface area contributed by atoms with Crippen molar-refractivity contribution >= 4 is 10.8 Å². The van der Waals surface area contributed by atoms with Gasteiger partial charge < -0.3 is 15.2 Å². The summed E-state index contributed by atoms with van der Waals surface area (Å²) in [4.78, 5) is 0.800. The smallest absolute Gasteiger partial charge is 0.162 e. The first-order valence-electron chi connectivity index (χ1n) is 6.74. The van der Waals surface area contributed by atoms with Crippen LogP contribution in [0.25, 0.3) is 0 Å². The van der Waals surface area contributed by atoms with Crippen molar-refractivity contribution in [1.82, 2.24) is 0 Å². The van der Waals surface area contributed by atoms with E-state index in [4.69, 9.17) is 15.2 Å². The van der Waals surface area contributed by atoms with Crippen molar-refractivity contribution in [2.75, 3.05) is 19.0 Å². The Hall–Kier alpha value is -1.07. The molecule has 0 amide bonds. The minimum Gasteiger partial charge on any atom is -0.486 e. The van der Waals surface area contributed by atoms with E-state index in [0.29, 0.717) is 24.7 Å². The Labute approximate surface area is 116 Å². The first-order chi connectivity index (χ1) is 9.20. The molecule has 0 fully saturated rings. The molecule has 2 N–H and O–H groups in total. The third-order valence-corrected chi connectivity index (χ3v) is 4.64. The van der Waals surface area contributed by atoms with Gasteiger partial charge in [0.1, 0.15) is 13.2 Å². The van der Waals surface area contributed by atoms with Gasteiger partial charge in [-0.15, -0.1) is 0 Å². The molecular formula is C14H21NO3S. The van der Waals surface area contributed by atoms with Gasteiger partial charge in [0.15, 0.2) is 11.5 Å². The Bertz CT molecular complexity index is 450. The maximum Gasteiger partial charge on any atom is 0.162 e. The quantitative estimate of drug-likeness (QED) is 0.868. The second-order valence-electron chi connectivity index (χ2n) is 4.67. The zero-order valence-corrected chi connectivity index (χ0v) is 12.1. The predicted molar refractivity (Wildman–Crippen MR) is 76.2 cm³/mol. The van der Waals surface area contributed by atoms with Crippen LogP contribution in [0.1, 0.15) is 26.2 Å². The van der Waals surface area contributed by atoms with Gasteiger partial charge in [-0.25, -0.2) is 0 Å². The van der Waals surface area contributed by atoms with Gasteiger partial charge >= 0.3 is 0 Å². The van der Waals surface area contributed by atoms with E-state index >= 15 is 0 Å². The van der Waals surface area contributed by atoms with Crippen LogP contribution in [0.5, 0.6) is 11.5 Å². The minimum absolute atomic E-state index is 0.220. The number of ether oxygens (including phenoxy) is 2. The second kappa shape index (κ2) is 6.91. The fourth-order valence-corrected chi connectivity index (χ4v) is 3.09. The van der Waals surface area contributed by atoms with Crippen molar-refractivity contribution < 1.29 is 13.7 Å². The van der Waals surface area contributed by atoms with E-state index in [-0.39, 0.29) is 6.04 Å². The van der Waals surface area contributed by atoms with Crippen LogP contribution in [-0.4, -0.2) is 29.2 Å². The molecule has 106 valence electrons. The van der Waals surface area contributed by atoms with Gasteiger partial charge in [-0.2, -0.15) is 0 Å². The number of benzene rings is 1. The lowest BCUT2D eigenvalue weighted by atomic mass is 10.1. The van der Waals surface area contributed by atoms with E-state index in [0.717, 1.165) is 29.9 Å². The van der Waals surface area contributed by atoms with Crippen molar-refractivity contribution in [2.24, 2.45) is 5.73 Å². The van der Waals surface area contributed by atoms with Crippen LogP contribution in [0.4, 0.5) is 0 Å². The lowest BCUT2D eigenvalue weighted by molar-refractivity contribution is 0.171. The summed E-state index contributed by atoms with van der Waals surface area (Å²) >= 11 is 0. The van der Waals surface area contributed by atoms with Gasteiger partial charge in [0.25, 0.3) is 0 Å². The maximum atomic E-state index is 12.2. The van der Waals surface area contributed by atoms with Crippen LogP contribution < -0.4 is 15.2 Å². The third kappa shape index (κ3) is 3.94. The lowest BCUT2D eigenvalue weighted by Gasteiger charge is -2.18. The fourth-order valence-electron chi connectivity index (χ4n) is 1.96. The van der Waals surface area contributed by atoms with Gasteiger partial charge in [-0.3, -0.25) is 4.21 Å². The summed E-state index contributed by atoms with van der Waals surface area (Å²) in [5.74, 6) is 2.08. The van der Waals surface area contributed by atoms with Gasteiger partial charge in [0, 0.05) is 22.8 Å². The van der Waals surface area contributed by atoms with E-state index < -0.39 is 10.8 Å². The van der Waals surface area contributed by atoms with Gasteiger partial charge in [0.2, 0.25) is 0 Å². The van der Waals surface area contributed by atoms with E-state index in [1.165, 1.54) is 0 Å². The van der Waals surface area contributed by atoms with Crippen molar-refractivity contribution in [1.29, 1.82) is 0 Å². The molecule has 1 aromatic rings. The average molecular weight is 283 g/mol. The topological polar surface area (TPSA) is 61.6 Å². The molecule has 2 atom stereocenters. The summed E-state index contributed by atoms with van der Waals surface area (Å²) in [6.45, 7) is 3.20. The fraction of sp³-hybridized carbons (Fsp3) is 0.571. The second-order valence-corrected chi connectivity index (χ2v) is 6.24. The molecule has 0 spiro atoms. The maximum absolute atomic E-state index is 12.2. The summed E-state index contributed by atoms with van der Waals surface area (Å²) in [5, 5.41) is 0. The highest BCUT2D eigenvalue weighted by molar-refractivity contribution is 7.85. The van der Waals surface area contributed by atoms with E-state index in [9.17, 15) is 4.21 Å². The van der Waals surface area contributed by atoms with Gasteiger partial charge in [-0.05, 0) is 31.4 Å². The van der Waals surface area contributed by atoms with Crippen molar-refractivity contribution in [3.63, 3.8) is 0 Å². The number of hydrogen-bond donors (Lipinski definition) is 1. The van der Waals surface area contributed by atoms with Crippen molar-refractivity contribution in [2.45, 2.75) is 37.1 Å². The minimum atomic E-state index is -0.991. The van der Waals surface area contributed by atoms with E-state index in [1.54, 1.807) is 0 Å². The number of hydrogen-bond acceptors (Lipinski definition) is 4. The molecule has 0 saturated heterocycles. The first kappa shape index (κ1) is 14.3. The Morgan fingerprint density at radius 1 is 1.32 bits per heavy atom. The summed E-state index contributed by atoms with van der Waals surface area (Å²) < 4.78 is 23.1. The van der Waals surface area contributed by atoms with Crippen LogP contribution in [0.2, 0.25) is 0 Å². The number of rotatable bonds is 6. The largest absolute Gasteiger partial charge is 0.486 e. The zero-order valence-electron chi connectivity index (χ0n) is 11.3. The molecule has 0 saturated carbocycles. The highest BCUT2D eigenvalue weighted by Crippen LogP contribution is 2.31. The van der Waals surface area contributed by atoms with Gasteiger partial charge in [0.05, 0.1) is 10.8 Å². The van der Waals surface area contributed by atoms with Crippen LogP contribution in [-0.2, 0) is 10.8 Å². The molecule has 2 unspecified atom stereocenters. The molecule has 2 rings (SSSR count). The molecule has 1 aliphatic heterocycles. The predicted octanol–water partition coefficient (Wildman–Crippen LogP) is 2.08. The SMILES string of the molecule is CCC(N)CCCS(=O)c1ccc2c(c1)OCCO2. The summed E-state index contributed by atoms with van der Waals surface area (Å²) in [7, 11) is -0.991. The van der Waals surface area contributed by atoms with Gasteiger partial charge in [-0.1, -0.05) is 6.92 Å². The molecule has 5 heteroatoms. The molecule has 0 aliphatic carbocycles. The summed E-state index contributed by atoms with van der Waals surface area (Å²) in [6.07, 6.45) is 2.78. The lowest BCUT2D eigenvalue weighted by Crippen LogP contribution is -2.19. The molecule has 0 radical (unpaired) electrons. The molecule has 0 bridgehead atoms. The Morgan fingerprint density at radius 3 is 2.79 bits per heavy atom. The summed E-state index contributed by atoms with van der Waals surface area (Å²) in [5.41, 5.74) is 5.85. The summed E-state index contributed by atoms with van der Waals surface area (Å²) in [6, 6.07) is 5.73. The molecule has 19 heavy (non-hydrogen) atoms. The molecule has 1 heterocycles. The Kier molecular flexibility index (Phi) is 5.22. The molecule has 1 aromatic carbocycles. The van der Waals surface area contributed by atoms with E-state index in [2.05, 4.69) is 6.92 Å². The number of nitrogens with two attached hydrogens (primary N) is 1. The zero-order chi connectivity index (χ0) is 13.7. The molecule has 4 nitrogen and oxygen atoms in total. The van der Waals surface area contributed by atoms with Crippen LogP contribution in [0, 0.1) is 0 Å². The van der Waals surface area contributed by atoms with Crippen LogP contribution in [0.3, 0.4) is 0 Å². The molecular weight excluding hydrogens is 262 g/mol. The van der Waals surface area contributed by atoms with Crippen LogP contribution in [0.15, 0.2) is 23.1 Å². The van der Waals surface area contributed by atoms with Crippen molar-refractivity contribution in [3.8, 4) is 11.5 Å². The Balaban J connectivity index is 1.92. The molecule has 0 aromatic heterocycles.